The lowest BCUT2D eigenvalue weighted by atomic mass is 10.2. The molecule has 0 aliphatic heterocycles. The maximum atomic E-state index is 12.6. The molecule has 27 heavy (non-hydrogen) atoms. The van der Waals surface area contributed by atoms with E-state index in [0.29, 0.717) is 17.4 Å². The Hall–Kier alpha value is -3.11. The first-order valence-corrected chi connectivity index (χ1v) is 9.11. The largest absolute Gasteiger partial charge is 0.350 e. The highest BCUT2D eigenvalue weighted by atomic mass is 35.5. The van der Waals surface area contributed by atoms with Crippen LogP contribution in [0.2, 0.25) is 5.02 Å². The summed E-state index contributed by atoms with van der Waals surface area (Å²) < 4.78 is 1.91. The number of carbonyl (C=O) groups is 1. The molecular formula is C22H18ClN3O. The molecule has 4 nitrogen and oxygen atoms in total. The molecule has 0 unspecified atom stereocenters. The van der Waals surface area contributed by atoms with Gasteiger partial charge in [0, 0.05) is 12.1 Å². The third-order valence-electron chi connectivity index (χ3n) is 4.40. The second-order valence-electron chi connectivity index (χ2n) is 6.25. The Morgan fingerprint density at radius 2 is 1.63 bits per heavy atom. The normalized spacial score (nSPS) is 10.9. The highest BCUT2D eigenvalue weighted by Gasteiger charge is 2.16. The average molecular weight is 376 g/mol. The van der Waals surface area contributed by atoms with E-state index in [1.165, 1.54) is 0 Å². The summed E-state index contributed by atoms with van der Waals surface area (Å²) in [5.74, 6) is 0.618. The third kappa shape index (κ3) is 3.71. The first kappa shape index (κ1) is 17.3. The number of nitrogens with zero attached hydrogens (tertiary/aromatic N) is 2. The van der Waals surface area contributed by atoms with Crippen LogP contribution in [0, 0.1) is 0 Å². The summed E-state index contributed by atoms with van der Waals surface area (Å²) in [6.45, 7) is 0.668. The van der Waals surface area contributed by atoms with Crippen molar-refractivity contribution in [1.29, 1.82) is 0 Å². The number of amides is 1. The van der Waals surface area contributed by atoms with Gasteiger partial charge in [-0.15, -0.1) is 0 Å². The molecule has 0 aliphatic carbocycles. The first-order valence-electron chi connectivity index (χ1n) is 8.73. The second-order valence-corrected chi connectivity index (χ2v) is 6.66. The van der Waals surface area contributed by atoms with Crippen molar-refractivity contribution in [3.8, 4) is 11.4 Å². The minimum Gasteiger partial charge on any atom is -0.350 e. The summed E-state index contributed by atoms with van der Waals surface area (Å²) in [7, 11) is 0. The molecule has 0 atom stereocenters. The minimum atomic E-state index is -0.0738. The fourth-order valence-corrected chi connectivity index (χ4v) is 3.30. The first-order chi connectivity index (χ1) is 13.2. The number of imidazole rings is 1. The molecule has 0 fully saturated rings. The number of hydrogen-bond acceptors (Lipinski definition) is 2. The van der Waals surface area contributed by atoms with Crippen LogP contribution in [-0.4, -0.2) is 15.5 Å². The van der Waals surface area contributed by atoms with E-state index in [1.54, 1.807) is 0 Å². The number of carbonyl (C=O) groups excluding carboxylic acids is 1. The molecule has 4 rings (SSSR count). The van der Waals surface area contributed by atoms with Gasteiger partial charge >= 0.3 is 0 Å². The minimum absolute atomic E-state index is 0.0738. The number of benzene rings is 3. The van der Waals surface area contributed by atoms with E-state index in [4.69, 9.17) is 16.6 Å². The van der Waals surface area contributed by atoms with Gasteiger partial charge in [0.2, 0.25) is 5.91 Å². The summed E-state index contributed by atoms with van der Waals surface area (Å²) in [5.41, 5.74) is 3.62. The third-order valence-corrected chi connectivity index (χ3v) is 4.73. The molecule has 1 N–H and O–H groups in total. The van der Waals surface area contributed by atoms with E-state index in [2.05, 4.69) is 5.32 Å². The molecular weight excluding hydrogens is 358 g/mol. The van der Waals surface area contributed by atoms with Crippen molar-refractivity contribution in [3.63, 3.8) is 0 Å². The molecule has 0 saturated heterocycles. The SMILES string of the molecule is O=C(Cn1c(-c2ccccc2Cl)nc2ccccc21)NCc1ccccc1. The zero-order valence-electron chi connectivity index (χ0n) is 14.6. The maximum Gasteiger partial charge on any atom is 0.240 e. The number of halogens is 1. The number of rotatable bonds is 5. The predicted molar refractivity (Wildman–Crippen MR) is 108 cm³/mol. The molecule has 0 spiro atoms. The van der Waals surface area contributed by atoms with Crippen LogP contribution in [0.1, 0.15) is 5.56 Å². The summed E-state index contributed by atoms with van der Waals surface area (Å²) >= 11 is 6.38. The quantitative estimate of drug-likeness (QED) is 0.550. The highest BCUT2D eigenvalue weighted by molar-refractivity contribution is 6.33. The topological polar surface area (TPSA) is 46.9 Å². The van der Waals surface area contributed by atoms with Gasteiger partial charge < -0.3 is 9.88 Å². The monoisotopic (exact) mass is 375 g/mol. The van der Waals surface area contributed by atoms with Crippen LogP contribution in [0.4, 0.5) is 0 Å². The van der Waals surface area contributed by atoms with Crippen LogP contribution < -0.4 is 5.32 Å². The van der Waals surface area contributed by atoms with Gasteiger partial charge in [-0.05, 0) is 29.8 Å². The average Bonchev–Trinajstić information content (AvgIpc) is 3.06. The van der Waals surface area contributed by atoms with Gasteiger partial charge in [0.1, 0.15) is 12.4 Å². The van der Waals surface area contributed by atoms with Gasteiger partial charge in [0.05, 0.1) is 16.1 Å². The lowest BCUT2D eigenvalue weighted by Crippen LogP contribution is -2.27. The van der Waals surface area contributed by atoms with E-state index in [1.807, 2.05) is 83.4 Å². The fraction of sp³-hybridized carbons (Fsp3) is 0.0909. The summed E-state index contributed by atoms with van der Waals surface area (Å²) in [5, 5.41) is 3.58. The lowest BCUT2D eigenvalue weighted by molar-refractivity contribution is -0.121. The molecule has 0 bridgehead atoms. The molecule has 0 saturated carbocycles. The lowest BCUT2D eigenvalue weighted by Gasteiger charge is -2.11. The number of hydrogen-bond donors (Lipinski definition) is 1. The number of fused-ring (bicyclic) bond motifs is 1. The van der Waals surface area contributed by atoms with Crippen LogP contribution in [0.3, 0.4) is 0 Å². The Balaban J connectivity index is 1.65. The predicted octanol–water partition coefficient (Wildman–Crippen LogP) is 4.67. The maximum absolute atomic E-state index is 12.6. The van der Waals surface area contributed by atoms with Crippen molar-refractivity contribution < 1.29 is 4.79 Å². The highest BCUT2D eigenvalue weighted by Crippen LogP contribution is 2.30. The molecule has 1 amide bonds. The number of aromatic nitrogens is 2. The van der Waals surface area contributed by atoms with Crippen LogP contribution in [-0.2, 0) is 17.9 Å². The van der Waals surface area contributed by atoms with Crippen molar-refractivity contribution in [2.45, 2.75) is 13.1 Å². The van der Waals surface area contributed by atoms with Gasteiger partial charge in [-0.3, -0.25) is 4.79 Å². The molecule has 4 aromatic rings. The molecule has 3 aromatic carbocycles. The van der Waals surface area contributed by atoms with E-state index in [0.717, 1.165) is 22.2 Å². The van der Waals surface area contributed by atoms with Crippen molar-refractivity contribution in [3.05, 3.63) is 89.4 Å². The van der Waals surface area contributed by atoms with Crippen molar-refractivity contribution in [1.82, 2.24) is 14.9 Å². The summed E-state index contributed by atoms with van der Waals surface area (Å²) in [6, 6.07) is 25.2. The van der Waals surface area contributed by atoms with Crippen LogP contribution in [0.15, 0.2) is 78.9 Å². The Labute approximate surface area is 162 Å². The van der Waals surface area contributed by atoms with Crippen molar-refractivity contribution in [2.75, 3.05) is 0 Å². The van der Waals surface area contributed by atoms with E-state index in [-0.39, 0.29) is 12.5 Å². The standard InChI is InChI=1S/C22H18ClN3O/c23-18-11-5-4-10-17(18)22-25-19-12-6-7-13-20(19)26(22)15-21(27)24-14-16-8-2-1-3-9-16/h1-13H,14-15H2,(H,24,27). The van der Waals surface area contributed by atoms with Crippen LogP contribution in [0.5, 0.6) is 0 Å². The van der Waals surface area contributed by atoms with Gasteiger partial charge in [0.25, 0.3) is 0 Å². The molecule has 0 aliphatic rings. The molecule has 134 valence electrons. The van der Waals surface area contributed by atoms with Gasteiger partial charge in [-0.2, -0.15) is 0 Å². The summed E-state index contributed by atoms with van der Waals surface area (Å²) in [4.78, 5) is 17.3. The van der Waals surface area contributed by atoms with Gasteiger partial charge in [0.15, 0.2) is 0 Å². The molecule has 1 aromatic heterocycles. The smallest absolute Gasteiger partial charge is 0.240 e. The Morgan fingerprint density at radius 1 is 0.926 bits per heavy atom. The fourth-order valence-electron chi connectivity index (χ4n) is 3.08. The van der Waals surface area contributed by atoms with Gasteiger partial charge in [-0.25, -0.2) is 4.98 Å². The molecule has 0 radical (unpaired) electrons. The summed E-state index contributed by atoms with van der Waals surface area (Å²) in [6.07, 6.45) is 0. The van der Waals surface area contributed by atoms with Gasteiger partial charge in [-0.1, -0.05) is 66.2 Å². The van der Waals surface area contributed by atoms with E-state index < -0.39 is 0 Å². The van der Waals surface area contributed by atoms with Crippen LogP contribution >= 0.6 is 11.6 Å². The van der Waals surface area contributed by atoms with E-state index >= 15 is 0 Å². The Kier molecular flexibility index (Phi) is 4.90. The second kappa shape index (κ2) is 7.64. The van der Waals surface area contributed by atoms with Crippen molar-refractivity contribution in [2.24, 2.45) is 0 Å². The Morgan fingerprint density at radius 3 is 2.44 bits per heavy atom. The molecule has 1 heterocycles. The Bertz CT molecular complexity index is 1090. The van der Waals surface area contributed by atoms with E-state index in [9.17, 15) is 4.79 Å². The zero-order valence-corrected chi connectivity index (χ0v) is 15.4. The van der Waals surface area contributed by atoms with Crippen LogP contribution in [0.25, 0.3) is 22.4 Å². The number of para-hydroxylation sites is 2. The van der Waals surface area contributed by atoms with Crippen molar-refractivity contribution >= 4 is 28.5 Å². The number of nitrogens with one attached hydrogen (secondary N) is 1. The molecule has 5 heteroatoms. The zero-order chi connectivity index (χ0) is 18.6.